The molecule has 88 valence electrons. The lowest BCUT2D eigenvalue weighted by molar-refractivity contribution is 0.00673. The Morgan fingerprint density at radius 1 is 1.31 bits per heavy atom. The molecular weight excluding hydrogens is 204 g/mol. The SMILES string of the molecule is Cc1cc(C(O)C2CCOCC2)c(C)nn1. The largest absolute Gasteiger partial charge is 0.388 e. The zero-order valence-electron chi connectivity index (χ0n) is 9.81. The van der Waals surface area contributed by atoms with Crippen molar-refractivity contribution < 1.29 is 9.84 Å². The van der Waals surface area contributed by atoms with Crippen LogP contribution >= 0.6 is 0 Å². The van der Waals surface area contributed by atoms with Crippen LogP contribution in [0.5, 0.6) is 0 Å². The van der Waals surface area contributed by atoms with E-state index in [4.69, 9.17) is 4.74 Å². The average molecular weight is 222 g/mol. The maximum Gasteiger partial charge on any atom is 0.0838 e. The number of hydrogen-bond acceptors (Lipinski definition) is 4. The summed E-state index contributed by atoms with van der Waals surface area (Å²) in [6.45, 7) is 5.29. The second-order valence-electron chi connectivity index (χ2n) is 4.42. The van der Waals surface area contributed by atoms with Crippen molar-refractivity contribution in [2.45, 2.75) is 32.8 Å². The van der Waals surface area contributed by atoms with E-state index in [0.717, 1.165) is 43.0 Å². The molecule has 1 aromatic rings. The minimum Gasteiger partial charge on any atom is -0.388 e. The standard InChI is InChI=1S/C12H18N2O2/c1-8-7-11(9(2)14-13-8)12(15)10-3-5-16-6-4-10/h7,10,12,15H,3-6H2,1-2H3. The van der Waals surface area contributed by atoms with Crippen molar-refractivity contribution in [3.63, 3.8) is 0 Å². The molecule has 2 rings (SSSR count). The van der Waals surface area contributed by atoms with E-state index in [0.29, 0.717) is 0 Å². The summed E-state index contributed by atoms with van der Waals surface area (Å²) in [5.41, 5.74) is 2.59. The van der Waals surface area contributed by atoms with Crippen LogP contribution in [0.1, 0.15) is 35.9 Å². The molecule has 2 heterocycles. The van der Waals surface area contributed by atoms with Crippen LogP contribution in [0.25, 0.3) is 0 Å². The molecule has 0 aromatic carbocycles. The highest BCUT2D eigenvalue weighted by Crippen LogP contribution is 2.30. The van der Waals surface area contributed by atoms with E-state index >= 15 is 0 Å². The number of rotatable bonds is 2. The highest BCUT2D eigenvalue weighted by Gasteiger charge is 2.25. The molecule has 1 aromatic heterocycles. The number of aliphatic hydroxyl groups excluding tert-OH is 1. The summed E-state index contributed by atoms with van der Waals surface area (Å²) < 4.78 is 5.30. The van der Waals surface area contributed by atoms with Crippen LogP contribution in [0.4, 0.5) is 0 Å². The number of hydrogen-bond donors (Lipinski definition) is 1. The summed E-state index contributed by atoms with van der Waals surface area (Å²) in [6.07, 6.45) is 1.40. The Morgan fingerprint density at radius 2 is 2.00 bits per heavy atom. The van der Waals surface area contributed by atoms with Crippen molar-refractivity contribution >= 4 is 0 Å². The lowest BCUT2D eigenvalue weighted by Gasteiger charge is -2.27. The highest BCUT2D eigenvalue weighted by atomic mass is 16.5. The molecule has 1 aliphatic rings. The van der Waals surface area contributed by atoms with Gasteiger partial charge in [-0.1, -0.05) is 0 Å². The molecule has 4 heteroatoms. The van der Waals surface area contributed by atoms with Gasteiger partial charge in [-0.3, -0.25) is 0 Å². The fraction of sp³-hybridized carbons (Fsp3) is 0.667. The maximum atomic E-state index is 10.3. The normalized spacial score (nSPS) is 19.7. The zero-order chi connectivity index (χ0) is 11.5. The molecule has 0 aliphatic carbocycles. The summed E-state index contributed by atoms with van der Waals surface area (Å²) in [5.74, 6) is 0.288. The number of aromatic nitrogens is 2. The quantitative estimate of drug-likeness (QED) is 0.825. The smallest absolute Gasteiger partial charge is 0.0838 e. The molecule has 16 heavy (non-hydrogen) atoms. The molecule has 0 saturated carbocycles. The Morgan fingerprint density at radius 3 is 2.69 bits per heavy atom. The van der Waals surface area contributed by atoms with Crippen molar-refractivity contribution in [3.05, 3.63) is 23.0 Å². The van der Waals surface area contributed by atoms with Gasteiger partial charge in [-0.15, -0.1) is 0 Å². The third-order valence-electron chi connectivity index (χ3n) is 3.17. The maximum absolute atomic E-state index is 10.3. The van der Waals surface area contributed by atoms with E-state index in [2.05, 4.69) is 10.2 Å². The first-order chi connectivity index (χ1) is 7.68. The van der Waals surface area contributed by atoms with E-state index < -0.39 is 6.10 Å². The van der Waals surface area contributed by atoms with Crippen LogP contribution < -0.4 is 0 Å². The molecule has 4 nitrogen and oxygen atoms in total. The van der Waals surface area contributed by atoms with Gasteiger partial charge in [-0.05, 0) is 38.7 Å². The van der Waals surface area contributed by atoms with Crippen LogP contribution in [0.3, 0.4) is 0 Å². The van der Waals surface area contributed by atoms with Gasteiger partial charge in [0, 0.05) is 18.8 Å². The van der Waals surface area contributed by atoms with Gasteiger partial charge < -0.3 is 9.84 Å². The first-order valence-electron chi connectivity index (χ1n) is 5.75. The summed E-state index contributed by atoms with van der Waals surface area (Å²) in [6, 6.07) is 1.93. The van der Waals surface area contributed by atoms with Gasteiger partial charge in [0.25, 0.3) is 0 Å². The van der Waals surface area contributed by atoms with E-state index in [1.165, 1.54) is 0 Å². The minimum absolute atomic E-state index is 0.288. The summed E-state index contributed by atoms with van der Waals surface area (Å²) in [4.78, 5) is 0. The fourth-order valence-corrected chi connectivity index (χ4v) is 2.15. The molecular formula is C12H18N2O2. The van der Waals surface area contributed by atoms with E-state index in [9.17, 15) is 5.11 Å². The molecule has 1 saturated heterocycles. The van der Waals surface area contributed by atoms with E-state index in [-0.39, 0.29) is 5.92 Å². The lowest BCUT2D eigenvalue weighted by atomic mass is 9.89. The molecule has 0 spiro atoms. The van der Waals surface area contributed by atoms with E-state index in [1.807, 2.05) is 19.9 Å². The molecule has 0 amide bonds. The molecule has 1 unspecified atom stereocenters. The van der Waals surface area contributed by atoms with Crippen molar-refractivity contribution in [1.29, 1.82) is 0 Å². The van der Waals surface area contributed by atoms with Gasteiger partial charge in [0.05, 0.1) is 17.5 Å². The predicted molar refractivity (Wildman–Crippen MR) is 60.0 cm³/mol. The Bertz CT molecular complexity index is 362. The van der Waals surface area contributed by atoms with Crippen LogP contribution in [0, 0.1) is 19.8 Å². The Kier molecular flexibility index (Phi) is 3.51. The van der Waals surface area contributed by atoms with E-state index in [1.54, 1.807) is 0 Å². The van der Waals surface area contributed by atoms with Crippen molar-refractivity contribution in [3.8, 4) is 0 Å². The molecule has 0 radical (unpaired) electrons. The van der Waals surface area contributed by atoms with Gasteiger partial charge in [0.15, 0.2) is 0 Å². The third-order valence-corrected chi connectivity index (χ3v) is 3.17. The second kappa shape index (κ2) is 4.89. The lowest BCUT2D eigenvalue weighted by Crippen LogP contribution is -2.22. The molecule has 1 fully saturated rings. The Labute approximate surface area is 95.7 Å². The van der Waals surface area contributed by atoms with Crippen LogP contribution in [-0.4, -0.2) is 28.5 Å². The molecule has 0 bridgehead atoms. The van der Waals surface area contributed by atoms with Crippen LogP contribution in [0.15, 0.2) is 6.07 Å². The highest BCUT2D eigenvalue weighted by molar-refractivity contribution is 5.22. The molecule has 1 aliphatic heterocycles. The number of nitrogens with zero attached hydrogens (tertiary/aromatic N) is 2. The Balaban J connectivity index is 2.18. The average Bonchev–Trinajstić information content (AvgIpc) is 2.32. The van der Waals surface area contributed by atoms with Crippen LogP contribution in [0.2, 0.25) is 0 Å². The topological polar surface area (TPSA) is 55.2 Å². The first-order valence-corrected chi connectivity index (χ1v) is 5.75. The Hall–Kier alpha value is -1.00. The second-order valence-corrected chi connectivity index (χ2v) is 4.42. The summed E-state index contributed by atoms with van der Waals surface area (Å²) in [7, 11) is 0. The third kappa shape index (κ3) is 2.39. The zero-order valence-corrected chi connectivity index (χ0v) is 9.81. The first kappa shape index (κ1) is 11.5. The van der Waals surface area contributed by atoms with Crippen molar-refractivity contribution in [2.24, 2.45) is 5.92 Å². The van der Waals surface area contributed by atoms with Gasteiger partial charge >= 0.3 is 0 Å². The number of aryl methyl sites for hydroxylation is 2. The fourth-order valence-electron chi connectivity index (χ4n) is 2.15. The minimum atomic E-state index is -0.432. The van der Waals surface area contributed by atoms with Gasteiger partial charge in [0.2, 0.25) is 0 Å². The number of ether oxygens (including phenoxy) is 1. The summed E-state index contributed by atoms with van der Waals surface area (Å²) >= 11 is 0. The molecule has 1 N–H and O–H groups in total. The van der Waals surface area contributed by atoms with Gasteiger partial charge in [0.1, 0.15) is 0 Å². The van der Waals surface area contributed by atoms with Crippen molar-refractivity contribution in [2.75, 3.05) is 13.2 Å². The summed E-state index contributed by atoms with van der Waals surface area (Å²) in [5, 5.41) is 18.4. The van der Waals surface area contributed by atoms with Gasteiger partial charge in [-0.25, -0.2) is 0 Å². The van der Waals surface area contributed by atoms with Crippen LogP contribution in [-0.2, 0) is 4.74 Å². The van der Waals surface area contributed by atoms with Crippen molar-refractivity contribution in [1.82, 2.24) is 10.2 Å². The monoisotopic (exact) mass is 222 g/mol. The number of aliphatic hydroxyl groups is 1. The predicted octanol–water partition coefficient (Wildman–Crippen LogP) is 1.55. The molecule has 1 atom stereocenters. The van der Waals surface area contributed by atoms with Gasteiger partial charge in [-0.2, -0.15) is 10.2 Å².